The lowest BCUT2D eigenvalue weighted by Crippen LogP contribution is -2.43. The first-order valence-corrected chi connectivity index (χ1v) is 10.8. The summed E-state index contributed by atoms with van der Waals surface area (Å²) >= 11 is 0. The number of aryl methyl sites for hydroxylation is 1. The Balaban J connectivity index is 2.02. The largest absolute Gasteiger partial charge is 0.383 e. The maximum Gasteiger partial charge on any atom is 0.330 e. The van der Waals surface area contributed by atoms with E-state index in [1.807, 2.05) is 51.1 Å². The molecule has 0 spiro atoms. The predicted octanol–water partition coefficient (Wildman–Crippen LogP) is 1.55. The van der Waals surface area contributed by atoms with Crippen LogP contribution in [0.3, 0.4) is 0 Å². The van der Waals surface area contributed by atoms with Gasteiger partial charge >= 0.3 is 5.69 Å². The van der Waals surface area contributed by atoms with Crippen molar-refractivity contribution in [1.82, 2.24) is 19.3 Å². The van der Waals surface area contributed by atoms with E-state index in [2.05, 4.69) is 10.1 Å². The number of nitrogens with one attached hydrogen (secondary N) is 1. The number of anilines is 2. The van der Waals surface area contributed by atoms with Crippen LogP contribution in [-0.2, 0) is 22.5 Å². The van der Waals surface area contributed by atoms with Crippen LogP contribution >= 0.6 is 0 Å². The van der Waals surface area contributed by atoms with Crippen molar-refractivity contribution >= 4 is 17.4 Å². The number of aromatic amines is 1. The predicted molar refractivity (Wildman–Crippen MR) is 127 cm³/mol. The monoisotopic (exact) mass is 454 g/mol. The lowest BCUT2D eigenvalue weighted by molar-refractivity contribution is -0.118. The van der Waals surface area contributed by atoms with E-state index < -0.39 is 11.2 Å². The van der Waals surface area contributed by atoms with E-state index >= 15 is 0 Å². The van der Waals surface area contributed by atoms with Crippen molar-refractivity contribution in [2.24, 2.45) is 0 Å². The number of methoxy groups -OCH3 is 1. The van der Waals surface area contributed by atoms with Crippen LogP contribution in [0.25, 0.3) is 5.69 Å². The van der Waals surface area contributed by atoms with E-state index in [0.717, 1.165) is 16.9 Å². The Kier molecular flexibility index (Phi) is 7.49. The highest BCUT2D eigenvalue weighted by atomic mass is 16.5. The van der Waals surface area contributed by atoms with E-state index in [-0.39, 0.29) is 37.0 Å². The second-order valence-corrected chi connectivity index (χ2v) is 7.76. The molecule has 176 valence electrons. The molecular formula is C23H30N6O4. The van der Waals surface area contributed by atoms with Gasteiger partial charge in [-0.1, -0.05) is 25.1 Å². The number of carbonyl (C=O) groups is 1. The summed E-state index contributed by atoms with van der Waals surface area (Å²) in [5.74, 6) is -0.381. The number of H-pyrrole nitrogens is 1. The maximum absolute atomic E-state index is 13.5. The fourth-order valence-corrected chi connectivity index (χ4v) is 3.83. The first kappa shape index (κ1) is 24.0. The number of nitrogens with two attached hydrogens (primary N) is 1. The summed E-state index contributed by atoms with van der Waals surface area (Å²) in [5, 5.41) is 4.60. The molecular weight excluding hydrogens is 424 g/mol. The Morgan fingerprint density at radius 1 is 1.21 bits per heavy atom. The molecule has 10 nitrogen and oxygen atoms in total. The topological polar surface area (TPSA) is 128 Å². The summed E-state index contributed by atoms with van der Waals surface area (Å²) < 4.78 is 8.22. The van der Waals surface area contributed by atoms with E-state index in [9.17, 15) is 14.4 Å². The van der Waals surface area contributed by atoms with Gasteiger partial charge in [-0.15, -0.1) is 0 Å². The van der Waals surface area contributed by atoms with Gasteiger partial charge < -0.3 is 15.4 Å². The second kappa shape index (κ2) is 10.3. The Bertz CT molecular complexity index is 1240. The third-order valence-corrected chi connectivity index (χ3v) is 5.52. The molecule has 3 N–H and O–H groups in total. The lowest BCUT2D eigenvalue weighted by atomic mass is 10.1. The van der Waals surface area contributed by atoms with Crippen LogP contribution in [0, 0.1) is 13.8 Å². The molecule has 0 unspecified atom stereocenters. The van der Waals surface area contributed by atoms with Crippen LogP contribution in [-0.4, -0.2) is 45.5 Å². The van der Waals surface area contributed by atoms with Crippen LogP contribution < -0.4 is 21.9 Å². The zero-order chi connectivity index (χ0) is 24.1. The Labute approximate surface area is 191 Å². The summed E-state index contributed by atoms with van der Waals surface area (Å²) in [6.45, 7) is 6.26. The minimum absolute atomic E-state index is 0.0139. The van der Waals surface area contributed by atoms with Crippen LogP contribution in [0.4, 0.5) is 11.5 Å². The average molecular weight is 455 g/mol. The molecule has 0 atom stereocenters. The molecule has 0 saturated heterocycles. The van der Waals surface area contributed by atoms with Crippen LogP contribution in [0.1, 0.15) is 30.3 Å². The molecule has 1 aromatic carbocycles. The minimum atomic E-state index is -0.706. The van der Waals surface area contributed by atoms with Gasteiger partial charge in [-0.25, -0.2) is 9.48 Å². The van der Waals surface area contributed by atoms with Gasteiger partial charge in [0.1, 0.15) is 5.82 Å². The van der Waals surface area contributed by atoms with E-state index in [1.165, 1.54) is 16.6 Å². The number of aromatic nitrogens is 4. The van der Waals surface area contributed by atoms with Gasteiger partial charge in [0.25, 0.3) is 5.56 Å². The number of rotatable bonds is 9. The molecule has 0 bridgehead atoms. The number of nitrogen functional groups attached to an aromatic ring is 1. The lowest BCUT2D eigenvalue weighted by Gasteiger charge is -2.24. The Morgan fingerprint density at radius 3 is 2.55 bits per heavy atom. The molecule has 3 rings (SSSR count). The van der Waals surface area contributed by atoms with E-state index in [0.29, 0.717) is 18.7 Å². The molecule has 0 saturated carbocycles. The summed E-state index contributed by atoms with van der Waals surface area (Å²) in [7, 11) is 1.51. The number of amides is 1. The molecule has 0 aliphatic heterocycles. The zero-order valence-electron chi connectivity index (χ0n) is 19.4. The SMILES string of the molecule is CCCn1c(N)c(N(CCOC)C(=O)Cc2c(C)nn(-c3ccccc3)c2C)c(=O)[nH]c1=O. The minimum Gasteiger partial charge on any atom is -0.383 e. The molecule has 0 aliphatic rings. The molecule has 33 heavy (non-hydrogen) atoms. The van der Waals surface area contributed by atoms with E-state index in [4.69, 9.17) is 10.5 Å². The van der Waals surface area contributed by atoms with Crippen molar-refractivity contribution in [3.8, 4) is 5.69 Å². The third kappa shape index (κ3) is 4.90. The Morgan fingerprint density at radius 2 is 1.91 bits per heavy atom. The molecule has 0 radical (unpaired) electrons. The molecule has 10 heteroatoms. The van der Waals surface area contributed by atoms with Crippen LogP contribution in [0.5, 0.6) is 0 Å². The number of benzene rings is 1. The first-order chi connectivity index (χ1) is 15.8. The van der Waals surface area contributed by atoms with Gasteiger partial charge in [0.2, 0.25) is 5.91 Å². The Hall–Kier alpha value is -3.66. The van der Waals surface area contributed by atoms with Crippen molar-refractivity contribution in [1.29, 1.82) is 0 Å². The standard InChI is InChI=1S/C23H30N6O4/c1-5-11-28-21(24)20(22(31)25-23(28)32)27(12-13-33-4)19(30)14-18-15(2)26-29(16(18)3)17-9-7-6-8-10-17/h6-10H,5,11-14,24H2,1-4H3,(H,25,31,32). The normalized spacial score (nSPS) is 11.0. The van der Waals surface area contributed by atoms with Crippen molar-refractivity contribution < 1.29 is 9.53 Å². The smallest absolute Gasteiger partial charge is 0.330 e. The fraction of sp³-hybridized carbons (Fsp3) is 0.391. The summed E-state index contributed by atoms with van der Waals surface area (Å²) in [5.41, 5.74) is 8.06. The third-order valence-electron chi connectivity index (χ3n) is 5.52. The molecule has 3 aromatic rings. The van der Waals surface area contributed by atoms with E-state index in [1.54, 1.807) is 4.68 Å². The highest BCUT2D eigenvalue weighted by molar-refractivity contribution is 5.97. The highest BCUT2D eigenvalue weighted by Gasteiger charge is 2.26. The molecule has 0 aliphatic carbocycles. The number of hydrogen-bond donors (Lipinski definition) is 2. The van der Waals surface area contributed by atoms with Crippen LogP contribution in [0.2, 0.25) is 0 Å². The quantitative estimate of drug-likeness (QED) is 0.505. The molecule has 0 fully saturated rings. The van der Waals surface area contributed by atoms with Gasteiger partial charge in [-0.3, -0.25) is 19.1 Å². The van der Waals surface area contributed by atoms with Crippen molar-refractivity contribution in [2.45, 2.75) is 40.2 Å². The number of hydrogen-bond acceptors (Lipinski definition) is 6. The van der Waals surface area contributed by atoms with Gasteiger partial charge in [-0.05, 0) is 32.4 Å². The van der Waals surface area contributed by atoms with Crippen molar-refractivity contribution in [2.75, 3.05) is 30.9 Å². The average Bonchev–Trinajstić information content (AvgIpc) is 3.07. The van der Waals surface area contributed by atoms with Crippen molar-refractivity contribution in [3.05, 3.63) is 68.1 Å². The summed E-state index contributed by atoms with van der Waals surface area (Å²) in [4.78, 5) is 42.0. The molecule has 1 amide bonds. The number of nitrogens with zero attached hydrogens (tertiary/aromatic N) is 4. The maximum atomic E-state index is 13.5. The number of ether oxygens (including phenoxy) is 1. The van der Waals surface area contributed by atoms with Gasteiger partial charge in [0.15, 0.2) is 5.69 Å². The van der Waals surface area contributed by atoms with Gasteiger partial charge in [0.05, 0.1) is 24.4 Å². The highest BCUT2D eigenvalue weighted by Crippen LogP contribution is 2.22. The summed E-state index contributed by atoms with van der Waals surface area (Å²) in [6.07, 6.45) is 0.651. The van der Waals surface area contributed by atoms with Gasteiger partial charge in [-0.2, -0.15) is 5.10 Å². The number of carbonyl (C=O) groups excluding carboxylic acids is 1. The summed E-state index contributed by atoms with van der Waals surface area (Å²) in [6, 6.07) is 9.64. The first-order valence-electron chi connectivity index (χ1n) is 10.8. The van der Waals surface area contributed by atoms with Gasteiger partial charge in [0, 0.05) is 31.5 Å². The van der Waals surface area contributed by atoms with Crippen molar-refractivity contribution in [3.63, 3.8) is 0 Å². The van der Waals surface area contributed by atoms with Crippen LogP contribution in [0.15, 0.2) is 39.9 Å². The number of para-hydroxylation sites is 1. The second-order valence-electron chi connectivity index (χ2n) is 7.76. The zero-order valence-corrected chi connectivity index (χ0v) is 19.4. The fourth-order valence-electron chi connectivity index (χ4n) is 3.83. The molecule has 2 heterocycles. The molecule has 2 aromatic heterocycles.